The van der Waals surface area contributed by atoms with Gasteiger partial charge >= 0.3 is 0 Å². The molecule has 2 heterocycles. The smallest absolute Gasteiger partial charge is 0.136 e. The van der Waals surface area contributed by atoms with Crippen molar-refractivity contribution in [2.24, 2.45) is 0 Å². The molecule has 0 atom stereocenters. The summed E-state index contributed by atoms with van der Waals surface area (Å²) < 4.78 is 5.72. The van der Waals surface area contributed by atoms with Crippen molar-refractivity contribution in [3.63, 3.8) is 0 Å². The van der Waals surface area contributed by atoms with E-state index in [4.69, 9.17) is 16.0 Å². The number of furan rings is 1. The van der Waals surface area contributed by atoms with Crippen LogP contribution in [-0.2, 0) is 0 Å². The maximum absolute atomic E-state index is 5.90. The van der Waals surface area contributed by atoms with Crippen molar-refractivity contribution in [3.8, 4) is 11.3 Å². The van der Waals surface area contributed by atoms with Crippen LogP contribution in [0.25, 0.3) is 22.3 Å². The fourth-order valence-corrected chi connectivity index (χ4v) is 1.83. The fraction of sp³-hybridized carbons (Fsp3) is 0. The molecule has 0 amide bonds. The van der Waals surface area contributed by atoms with Gasteiger partial charge in [-0.05, 0) is 30.3 Å². The first-order valence-corrected chi connectivity index (χ1v) is 5.30. The Balaban J connectivity index is 2.19. The highest BCUT2D eigenvalue weighted by Crippen LogP contribution is 2.28. The first-order valence-electron chi connectivity index (χ1n) is 4.92. The van der Waals surface area contributed by atoms with Gasteiger partial charge in [-0.15, -0.1) is 0 Å². The Morgan fingerprint density at radius 3 is 2.62 bits per heavy atom. The minimum absolute atomic E-state index is 0.683. The van der Waals surface area contributed by atoms with Crippen LogP contribution in [0.3, 0.4) is 0 Å². The SMILES string of the molecule is Clc1ccc2cc(-c3ccncc3)oc2c1. The molecule has 0 bridgehead atoms. The van der Waals surface area contributed by atoms with E-state index in [2.05, 4.69) is 4.98 Å². The number of hydrogen-bond acceptors (Lipinski definition) is 2. The molecule has 0 saturated heterocycles. The number of rotatable bonds is 1. The van der Waals surface area contributed by atoms with Crippen molar-refractivity contribution in [1.82, 2.24) is 4.98 Å². The van der Waals surface area contributed by atoms with Crippen molar-refractivity contribution in [1.29, 1.82) is 0 Å². The molecule has 0 aliphatic heterocycles. The predicted molar refractivity (Wildman–Crippen MR) is 64.5 cm³/mol. The Morgan fingerprint density at radius 1 is 1.00 bits per heavy atom. The lowest BCUT2D eigenvalue weighted by Crippen LogP contribution is -1.72. The molecule has 16 heavy (non-hydrogen) atoms. The van der Waals surface area contributed by atoms with Crippen LogP contribution in [0.15, 0.2) is 53.2 Å². The highest BCUT2D eigenvalue weighted by Gasteiger charge is 2.05. The Hall–Kier alpha value is -1.80. The minimum atomic E-state index is 0.683. The summed E-state index contributed by atoms with van der Waals surface area (Å²) in [5.74, 6) is 0.833. The summed E-state index contributed by atoms with van der Waals surface area (Å²) in [6.07, 6.45) is 3.49. The summed E-state index contributed by atoms with van der Waals surface area (Å²) in [5.41, 5.74) is 1.82. The average molecular weight is 230 g/mol. The lowest BCUT2D eigenvalue weighted by atomic mass is 10.2. The zero-order chi connectivity index (χ0) is 11.0. The van der Waals surface area contributed by atoms with Gasteiger partial charge in [0.2, 0.25) is 0 Å². The van der Waals surface area contributed by atoms with Crippen molar-refractivity contribution in [2.75, 3.05) is 0 Å². The monoisotopic (exact) mass is 229 g/mol. The van der Waals surface area contributed by atoms with E-state index < -0.39 is 0 Å². The molecule has 2 nitrogen and oxygen atoms in total. The molecule has 0 fully saturated rings. The van der Waals surface area contributed by atoms with E-state index in [0.717, 1.165) is 22.3 Å². The van der Waals surface area contributed by atoms with Crippen molar-refractivity contribution in [3.05, 3.63) is 53.8 Å². The second-order valence-electron chi connectivity index (χ2n) is 3.53. The summed E-state index contributed by atoms with van der Waals surface area (Å²) in [4.78, 5) is 3.98. The normalized spacial score (nSPS) is 10.8. The van der Waals surface area contributed by atoms with Crippen LogP contribution in [0.5, 0.6) is 0 Å². The maximum atomic E-state index is 5.90. The summed E-state index contributed by atoms with van der Waals surface area (Å²) in [5, 5.41) is 1.74. The molecule has 0 saturated carbocycles. The molecule has 0 radical (unpaired) electrons. The molecule has 0 unspecified atom stereocenters. The summed E-state index contributed by atoms with van der Waals surface area (Å²) in [7, 11) is 0. The lowest BCUT2D eigenvalue weighted by Gasteiger charge is -1.93. The zero-order valence-electron chi connectivity index (χ0n) is 8.35. The average Bonchev–Trinajstić information content (AvgIpc) is 2.73. The van der Waals surface area contributed by atoms with Crippen molar-refractivity contribution in [2.45, 2.75) is 0 Å². The lowest BCUT2D eigenvalue weighted by molar-refractivity contribution is 0.631. The molecule has 3 rings (SSSR count). The van der Waals surface area contributed by atoms with E-state index in [0.29, 0.717) is 5.02 Å². The second kappa shape index (κ2) is 3.65. The van der Waals surface area contributed by atoms with E-state index in [1.54, 1.807) is 12.4 Å². The van der Waals surface area contributed by atoms with E-state index >= 15 is 0 Å². The molecule has 0 aliphatic rings. The minimum Gasteiger partial charge on any atom is -0.456 e. The fourth-order valence-electron chi connectivity index (χ4n) is 1.66. The van der Waals surface area contributed by atoms with Gasteiger partial charge in [-0.25, -0.2) is 0 Å². The zero-order valence-corrected chi connectivity index (χ0v) is 9.11. The Bertz CT molecular complexity index is 631. The maximum Gasteiger partial charge on any atom is 0.136 e. The largest absolute Gasteiger partial charge is 0.456 e. The van der Waals surface area contributed by atoms with Crippen LogP contribution >= 0.6 is 11.6 Å². The summed E-state index contributed by atoms with van der Waals surface area (Å²) in [6.45, 7) is 0. The van der Waals surface area contributed by atoms with Crippen molar-refractivity contribution >= 4 is 22.6 Å². The molecule has 78 valence electrons. The highest BCUT2D eigenvalue weighted by molar-refractivity contribution is 6.31. The quantitative estimate of drug-likeness (QED) is 0.627. The topological polar surface area (TPSA) is 26.0 Å². The van der Waals surface area contributed by atoms with Gasteiger partial charge in [-0.2, -0.15) is 0 Å². The van der Waals surface area contributed by atoms with Crippen LogP contribution in [-0.4, -0.2) is 4.98 Å². The first-order chi connectivity index (χ1) is 7.83. The third-order valence-electron chi connectivity index (χ3n) is 2.45. The van der Waals surface area contributed by atoms with E-state index in [9.17, 15) is 0 Å². The highest BCUT2D eigenvalue weighted by atomic mass is 35.5. The van der Waals surface area contributed by atoms with E-state index in [1.165, 1.54) is 0 Å². The van der Waals surface area contributed by atoms with Gasteiger partial charge in [0.1, 0.15) is 11.3 Å². The number of nitrogens with zero attached hydrogens (tertiary/aromatic N) is 1. The van der Waals surface area contributed by atoms with Crippen LogP contribution in [0.2, 0.25) is 5.02 Å². The summed E-state index contributed by atoms with van der Waals surface area (Å²) in [6, 6.07) is 11.5. The number of aromatic nitrogens is 1. The van der Waals surface area contributed by atoms with Crippen LogP contribution in [0.4, 0.5) is 0 Å². The third kappa shape index (κ3) is 1.57. The molecule has 2 aromatic heterocycles. The molecule has 3 aromatic rings. The number of benzene rings is 1. The van der Waals surface area contributed by atoms with Gasteiger partial charge in [0.25, 0.3) is 0 Å². The van der Waals surface area contributed by atoms with Gasteiger partial charge in [-0.3, -0.25) is 4.98 Å². The molecule has 3 heteroatoms. The molecule has 1 aromatic carbocycles. The third-order valence-corrected chi connectivity index (χ3v) is 2.68. The van der Waals surface area contributed by atoms with Gasteiger partial charge in [0, 0.05) is 34.4 Å². The van der Waals surface area contributed by atoms with Crippen LogP contribution in [0, 0.1) is 0 Å². The predicted octanol–water partition coefficient (Wildman–Crippen LogP) is 4.15. The molecular formula is C13H8ClNO. The van der Waals surface area contributed by atoms with Crippen LogP contribution < -0.4 is 0 Å². The Labute approximate surface area is 97.5 Å². The molecule has 0 N–H and O–H groups in total. The number of halogens is 1. The number of hydrogen-bond donors (Lipinski definition) is 0. The molecule has 0 spiro atoms. The molecular weight excluding hydrogens is 222 g/mol. The number of pyridine rings is 1. The van der Waals surface area contributed by atoms with Crippen molar-refractivity contribution < 1.29 is 4.42 Å². The van der Waals surface area contributed by atoms with Gasteiger partial charge < -0.3 is 4.42 Å². The second-order valence-corrected chi connectivity index (χ2v) is 3.97. The Morgan fingerprint density at radius 2 is 1.81 bits per heavy atom. The van der Waals surface area contributed by atoms with Gasteiger partial charge in [-0.1, -0.05) is 11.6 Å². The number of fused-ring (bicyclic) bond motifs is 1. The standard InChI is InChI=1S/C13H8ClNO/c14-11-2-1-10-7-12(16-13(10)8-11)9-3-5-15-6-4-9/h1-8H. The Kier molecular flexibility index (Phi) is 2.15. The van der Waals surface area contributed by atoms with Gasteiger partial charge in [0.15, 0.2) is 0 Å². The first kappa shape index (κ1) is 9.43. The van der Waals surface area contributed by atoms with E-state index in [1.807, 2.05) is 36.4 Å². The van der Waals surface area contributed by atoms with Crippen LogP contribution in [0.1, 0.15) is 0 Å². The summed E-state index contributed by atoms with van der Waals surface area (Å²) >= 11 is 5.90. The van der Waals surface area contributed by atoms with Gasteiger partial charge in [0.05, 0.1) is 0 Å². The van der Waals surface area contributed by atoms with E-state index in [-0.39, 0.29) is 0 Å². The molecule has 0 aliphatic carbocycles.